The molecule has 3 heteroatoms. The molecule has 0 bridgehead atoms. The Kier molecular flexibility index (Phi) is 5.09. The summed E-state index contributed by atoms with van der Waals surface area (Å²) < 4.78 is 5.71. The second kappa shape index (κ2) is 6.81. The molecule has 0 N–H and O–H groups in total. The summed E-state index contributed by atoms with van der Waals surface area (Å²) in [5, 5.41) is 1.56. The third kappa shape index (κ3) is 3.76. The van der Waals surface area contributed by atoms with E-state index in [1.807, 2.05) is 36.4 Å². The highest BCUT2D eigenvalue weighted by molar-refractivity contribution is 9.09. The molecule has 1 nitrogen and oxygen atoms in total. The van der Waals surface area contributed by atoms with Gasteiger partial charge in [-0.25, -0.2) is 0 Å². The third-order valence-corrected chi connectivity index (χ3v) is 3.15. The van der Waals surface area contributed by atoms with E-state index in [-0.39, 0.29) is 0 Å². The van der Waals surface area contributed by atoms with Crippen LogP contribution in [0.2, 0.25) is 5.02 Å². The topological polar surface area (TPSA) is 9.23 Å². The number of benzene rings is 2. The summed E-state index contributed by atoms with van der Waals surface area (Å²) in [6.45, 7) is 0.656. The molecule has 0 saturated heterocycles. The van der Waals surface area contributed by atoms with E-state index in [4.69, 9.17) is 16.3 Å². The Morgan fingerprint density at radius 3 is 2.56 bits per heavy atom. The Balaban J connectivity index is 2.22. The molecule has 94 valence electrons. The highest BCUT2D eigenvalue weighted by atomic mass is 79.9. The molecule has 18 heavy (non-hydrogen) atoms. The number of hydrogen-bond acceptors (Lipinski definition) is 1. The summed E-state index contributed by atoms with van der Waals surface area (Å²) in [6.07, 6.45) is 0.832. The van der Waals surface area contributed by atoms with E-state index in [1.165, 1.54) is 5.56 Å². The Morgan fingerprint density at radius 1 is 1.06 bits per heavy atom. The van der Waals surface area contributed by atoms with Gasteiger partial charge in [-0.2, -0.15) is 0 Å². The molecule has 0 aliphatic carbocycles. The van der Waals surface area contributed by atoms with Crippen LogP contribution < -0.4 is 4.74 Å². The highest BCUT2D eigenvalue weighted by Crippen LogP contribution is 2.25. The maximum atomic E-state index is 6.05. The summed E-state index contributed by atoms with van der Waals surface area (Å²) in [6, 6.07) is 16.1. The summed E-state index contributed by atoms with van der Waals surface area (Å²) in [5.41, 5.74) is 2.37. The van der Waals surface area contributed by atoms with Crippen molar-refractivity contribution < 1.29 is 4.74 Å². The molecule has 0 unspecified atom stereocenters. The van der Waals surface area contributed by atoms with E-state index in [1.54, 1.807) is 0 Å². The van der Waals surface area contributed by atoms with Crippen molar-refractivity contribution in [2.75, 3.05) is 11.9 Å². The van der Waals surface area contributed by atoms with Crippen molar-refractivity contribution >= 4 is 27.5 Å². The van der Waals surface area contributed by atoms with Crippen molar-refractivity contribution in [2.24, 2.45) is 0 Å². The maximum Gasteiger partial charge on any atom is 0.122 e. The van der Waals surface area contributed by atoms with Crippen LogP contribution in [0.4, 0.5) is 0 Å². The Labute approximate surface area is 121 Å². The lowest BCUT2D eigenvalue weighted by atomic mass is 10.0. The van der Waals surface area contributed by atoms with Gasteiger partial charge in [0.1, 0.15) is 5.75 Å². The van der Waals surface area contributed by atoms with Gasteiger partial charge < -0.3 is 4.74 Å². The normalized spacial score (nSPS) is 10.3. The summed E-state index contributed by atoms with van der Waals surface area (Å²) in [4.78, 5) is 0. The first-order valence-electron chi connectivity index (χ1n) is 5.80. The molecule has 0 aromatic heterocycles. The van der Waals surface area contributed by atoms with Crippen LogP contribution in [-0.2, 0) is 6.42 Å². The van der Waals surface area contributed by atoms with Gasteiger partial charge in [0.2, 0.25) is 0 Å². The average molecular weight is 326 g/mol. The fraction of sp³-hybridized carbons (Fsp3) is 0.200. The van der Waals surface area contributed by atoms with E-state index in [0.29, 0.717) is 6.61 Å². The molecule has 2 rings (SSSR count). The van der Waals surface area contributed by atoms with Gasteiger partial charge in [-0.3, -0.25) is 0 Å². The smallest absolute Gasteiger partial charge is 0.122 e. The van der Waals surface area contributed by atoms with E-state index in [2.05, 4.69) is 28.1 Å². The monoisotopic (exact) mass is 324 g/mol. The van der Waals surface area contributed by atoms with Crippen molar-refractivity contribution in [1.82, 2.24) is 0 Å². The van der Waals surface area contributed by atoms with Crippen LogP contribution in [0.1, 0.15) is 11.1 Å². The van der Waals surface area contributed by atoms with Crippen molar-refractivity contribution in [1.29, 1.82) is 0 Å². The van der Waals surface area contributed by atoms with Crippen molar-refractivity contribution in [3.63, 3.8) is 0 Å². The van der Waals surface area contributed by atoms with Crippen LogP contribution in [0.5, 0.6) is 5.75 Å². The quantitative estimate of drug-likeness (QED) is 0.724. The Hall–Kier alpha value is -0.990. The van der Waals surface area contributed by atoms with E-state index in [9.17, 15) is 0 Å². The lowest BCUT2D eigenvalue weighted by molar-refractivity contribution is 0.342. The molecule has 0 aliphatic heterocycles. The third-order valence-electron chi connectivity index (χ3n) is 2.59. The van der Waals surface area contributed by atoms with E-state index in [0.717, 1.165) is 28.1 Å². The minimum Gasteiger partial charge on any atom is -0.492 e. The number of alkyl halides is 1. The van der Waals surface area contributed by atoms with E-state index >= 15 is 0 Å². The van der Waals surface area contributed by atoms with Gasteiger partial charge in [0.15, 0.2) is 0 Å². The van der Waals surface area contributed by atoms with Gasteiger partial charge in [0.25, 0.3) is 0 Å². The standard InChI is InChI=1S/C15H14BrClO/c16-8-9-18-15-7-6-14(17)11-13(15)10-12-4-2-1-3-5-12/h1-7,11H,8-10H2. The molecular formula is C15H14BrClO. The number of ether oxygens (including phenoxy) is 1. The molecule has 0 aliphatic rings. The number of rotatable bonds is 5. The van der Waals surface area contributed by atoms with Crippen molar-refractivity contribution in [3.05, 3.63) is 64.7 Å². The first kappa shape index (κ1) is 13.4. The van der Waals surface area contributed by atoms with Gasteiger partial charge in [-0.1, -0.05) is 57.9 Å². The fourth-order valence-electron chi connectivity index (χ4n) is 1.79. The van der Waals surface area contributed by atoms with Crippen LogP contribution in [-0.4, -0.2) is 11.9 Å². The van der Waals surface area contributed by atoms with Crippen LogP contribution in [0.25, 0.3) is 0 Å². The fourth-order valence-corrected chi connectivity index (χ4v) is 2.15. The molecule has 0 spiro atoms. The van der Waals surface area contributed by atoms with E-state index < -0.39 is 0 Å². The molecule has 0 saturated carbocycles. The zero-order valence-electron chi connectivity index (χ0n) is 9.90. The molecule has 0 atom stereocenters. The molecule has 0 amide bonds. The minimum atomic E-state index is 0.656. The predicted molar refractivity (Wildman–Crippen MR) is 80.0 cm³/mol. The van der Waals surface area contributed by atoms with Gasteiger partial charge >= 0.3 is 0 Å². The summed E-state index contributed by atoms with van der Waals surface area (Å²) in [5.74, 6) is 0.905. The average Bonchev–Trinajstić information content (AvgIpc) is 2.39. The SMILES string of the molecule is Clc1ccc(OCCBr)c(Cc2ccccc2)c1. The second-order valence-corrected chi connectivity index (χ2v) is 5.18. The molecule has 0 heterocycles. The molecular weight excluding hydrogens is 312 g/mol. The molecule has 0 radical (unpaired) electrons. The zero-order valence-corrected chi connectivity index (χ0v) is 12.2. The predicted octanol–water partition coefficient (Wildman–Crippen LogP) is 4.70. The molecule has 2 aromatic carbocycles. The maximum absolute atomic E-state index is 6.05. The number of hydrogen-bond donors (Lipinski definition) is 0. The minimum absolute atomic E-state index is 0.656. The first-order chi connectivity index (χ1) is 8.79. The van der Waals surface area contributed by atoms with Gasteiger partial charge in [0.05, 0.1) is 6.61 Å². The van der Waals surface area contributed by atoms with Gasteiger partial charge in [-0.05, 0) is 29.3 Å². The van der Waals surface area contributed by atoms with Crippen LogP contribution >= 0.6 is 27.5 Å². The van der Waals surface area contributed by atoms with Crippen molar-refractivity contribution in [3.8, 4) is 5.75 Å². The summed E-state index contributed by atoms with van der Waals surface area (Å²) >= 11 is 9.41. The van der Waals surface area contributed by atoms with Crippen LogP contribution in [0.15, 0.2) is 48.5 Å². The lowest BCUT2D eigenvalue weighted by Gasteiger charge is -2.11. The highest BCUT2D eigenvalue weighted by Gasteiger charge is 2.05. The Bertz CT molecular complexity index is 499. The lowest BCUT2D eigenvalue weighted by Crippen LogP contribution is -2.01. The molecule has 2 aromatic rings. The zero-order chi connectivity index (χ0) is 12.8. The summed E-state index contributed by atoms with van der Waals surface area (Å²) in [7, 11) is 0. The van der Waals surface area contributed by atoms with Crippen LogP contribution in [0.3, 0.4) is 0 Å². The number of halogens is 2. The van der Waals surface area contributed by atoms with Gasteiger partial charge in [0, 0.05) is 16.8 Å². The largest absolute Gasteiger partial charge is 0.492 e. The first-order valence-corrected chi connectivity index (χ1v) is 7.30. The van der Waals surface area contributed by atoms with Crippen molar-refractivity contribution in [2.45, 2.75) is 6.42 Å². The molecule has 0 fully saturated rings. The Morgan fingerprint density at radius 2 is 1.83 bits per heavy atom. The second-order valence-electron chi connectivity index (χ2n) is 3.95. The van der Waals surface area contributed by atoms with Gasteiger partial charge in [-0.15, -0.1) is 0 Å². The van der Waals surface area contributed by atoms with Crippen LogP contribution in [0, 0.1) is 0 Å².